The first kappa shape index (κ1) is 27.4. The van der Waals surface area contributed by atoms with E-state index in [1.165, 1.54) is 12.1 Å². The molecule has 0 radical (unpaired) electrons. The molecule has 0 amide bonds. The summed E-state index contributed by atoms with van der Waals surface area (Å²) in [5.74, 6) is -0.628. The number of nitrogens with zero attached hydrogens (tertiary/aromatic N) is 1. The molecule has 0 saturated carbocycles. The van der Waals surface area contributed by atoms with Gasteiger partial charge in [0.25, 0.3) is 5.69 Å². The lowest BCUT2D eigenvalue weighted by molar-refractivity contribution is -0.384. The third-order valence-corrected chi connectivity index (χ3v) is 6.36. The van der Waals surface area contributed by atoms with Gasteiger partial charge in [-0.05, 0) is 51.5 Å². The summed E-state index contributed by atoms with van der Waals surface area (Å²) in [5.41, 5.74) is 7.55. The zero-order chi connectivity index (χ0) is 25.1. The van der Waals surface area contributed by atoms with Crippen molar-refractivity contribution in [1.29, 1.82) is 0 Å². The number of benzene rings is 1. The van der Waals surface area contributed by atoms with Gasteiger partial charge in [0.1, 0.15) is 0 Å². The van der Waals surface area contributed by atoms with Crippen LogP contribution in [0.1, 0.15) is 51.5 Å². The molecule has 186 valence electrons. The van der Waals surface area contributed by atoms with E-state index in [-0.39, 0.29) is 30.0 Å². The van der Waals surface area contributed by atoms with Crippen molar-refractivity contribution in [3.05, 3.63) is 62.5 Å². The van der Waals surface area contributed by atoms with Crippen LogP contribution in [-0.4, -0.2) is 48.1 Å². The number of thioether (sulfide) groups is 1. The minimum atomic E-state index is -0.855. The molecule has 34 heavy (non-hydrogen) atoms. The number of esters is 2. The summed E-state index contributed by atoms with van der Waals surface area (Å²) in [5, 5.41) is 14.6. The maximum Gasteiger partial charge on any atom is 0.336 e. The molecule has 3 N–H and O–H groups in total. The van der Waals surface area contributed by atoms with Crippen molar-refractivity contribution >= 4 is 29.4 Å². The first-order chi connectivity index (χ1) is 16.3. The maximum atomic E-state index is 13.2. The van der Waals surface area contributed by atoms with Crippen LogP contribution >= 0.6 is 11.8 Å². The Balaban J connectivity index is 2.55. The normalized spacial score (nSPS) is 15.7. The average Bonchev–Trinajstić information content (AvgIpc) is 2.81. The zero-order valence-corrected chi connectivity index (χ0v) is 20.7. The van der Waals surface area contributed by atoms with E-state index in [0.717, 1.165) is 25.0 Å². The molecule has 0 spiro atoms. The fourth-order valence-electron chi connectivity index (χ4n) is 3.79. The number of nitro benzene ring substituents is 1. The number of nitrogens with one attached hydrogen (secondary N) is 1. The number of dihydropyridines is 1. The quantitative estimate of drug-likeness (QED) is 0.183. The van der Waals surface area contributed by atoms with Crippen molar-refractivity contribution in [3.8, 4) is 0 Å². The maximum absolute atomic E-state index is 13.2. The molecule has 1 atom stereocenters. The highest BCUT2D eigenvalue weighted by Crippen LogP contribution is 2.41. The van der Waals surface area contributed by atoms with Crippen LogP contribution in [0.2, 0.25) is 0 Å². The standard InChI is InChI=1S/C24H33N3O6S/c1-4-32-23(28)20-16(3)26-19(15-34-13-8-6-7-12-25)22(24(29)33-5-2)21(20)17-10-9-11-18(14-17)27(30)31/h9-11,14,21,26H,4-8,12-13,15,25H2,1-3H3. The second-order valence-electron chi connectivity index (χ2n) is 7.68. The molecule has 2 rings (SSSR count). The van der Waals surface area contributed by atoms with E-state index in [1.807, 2.05) is 0 Å². The monoisotopic (exact) mass is 491 g/mol. The highest BCUT2D eigenvalue weighted by atomic mass is 32.2. The Morgan fingerprint density at radius 1 is 1.12 bits per heavy atom. The molecule has 1 aliphatic heterocycles. The van der Waals surface area contributed by atoms with Gasteiger partial charge >= 0.3 is 11.9 Å². The molecule has 1 aromatic rings. The van der Waals surface area contributed by atoms with Crippen LogP contribution in [-0.2, 0) is 19.1 Å². The van der Waals surface area contributed by atoms with Crippen molar-refractivity contribution in [2.24, 2.45) is 5.73 Å². The fraction of sp³-hybridized carbons (Fsp3) is 0.500. The van der Waals surface area contributed by atoms with Gasteiger partial charge in [-0.25, -0.2) is 9.59 Å². The molecule has 10 heteroatoms. The molecule has 0 saturated heterocycles. The summed E-state index contributed by atoms with van der Waals surface area (Å²) in [7, 11) is 0. The SMILES string of the molecule is CCOC(=O)C1=C(C)NC(CSCCCCCN)=C(C(=O)OCC)C1c1cccc([N+](=O)[O-])c1. The number of nitrogens with two attached hydrogens (primary N) is 1. The smallest absolute Gasteiger partial charge is 0.336 e. The van der Waals surface area contributed by atoms with Gasteiger partial charge in [-0.15, -0.1) is 0 Å². The third-order valence-electron chi connectivity index (χ3n) is 5.29. The molecule has 0 aromatic heterocycles. The van der Waals surface area contributed by atoms with Crippen LogP contribution in [0.5, 0.6) is 0 Å². The first-order valence-corrected chi connectivity index (χ1v) is 12.6. The Kier molecular flexibility index (Phi) is 11.1. The van der Waals surface area contributed by atoms with E-state index < -0.39 is 22.8 Å². The zero-order valence-electron chi connectivity index (χ0n) is 19.9. The van der Waals surface area contributed by atoms with E-state index in [9.17, 15) is 19.7 Å². The third kappa shape index (κ3) is 7.07. The van der Waals surface area contributed by atoms with Crippen molar-refractivity contribution in [1.82, 2.24) is 5.32 Å². The van der Waals surface area contributed by atoms with Crippen LogP contribution in [0.25, 0.3) is 0 Å². The molecule has 0 fully saturated rings. The summed E-state index contributed by atoms with van der Waals surface area (Å²) >= 11 is 1.66. The summed E-state index contributed by atoms with van der Waals surface area (Å²) < 4.78 is 10.6. The lowest BCUT2D eigenvalue weighted by Gasteiger charge is -2.31. The van der Waals surface area contributed by atoms with E-state index in [2.05, 4.69) is 5.32 Å². The van der Waals surface area contributed by atoms with Crippen molar-refractivity contribution < 1.29 is 24.0 Å². The minimum Gasteiger partial charge on any atom is -0.463 e. The van der Waals surface area contributed by atoms with Gasteiger partial charge in [-0.3, -0.25) is 10.1 Å². The number of ether oxygens (including phenoxy) is 2. The van der Waals surface area contributed by atoms with Crippen LogP contribution in [0.4, 0.5) is 5.69 Å². The molecule has 1 aliphatic rings. The van der Waals surface area contributed by atoms with E-state index in [0.29, 0.717) is 29.3 Å². The largest absolute Gasteiger partial charge is 0.463 e. The van der Waals surface area contributed by atoms with E-state index in [4.69, 9.17) is 15.2 Å². The average molecular weight is 492 g/mol. The molecular weight excluding hydrogens is 458 g/mol. The molecule has 1 aromatic carbocycles. The number of hydrogen-bond acceptors (Lipinski definition) is 9. The van der Waals surface area contributed by atoms with Gasteiger partial charge < -0.3 is 20.5 Å². The second-order valence-corrected chi connectivity index (χ2v) is 8.79. The van der Waals surface area contributed by atoms with Crippen LogP contribution in [0.3, 0.4) is 0 Å². The van der Waals surface area contributed by atoms with Crippen molar-refractivity contribution in [3.63, 3.8) is 0 Å². The molecule has 1 unspecified atom stereocenters. The Morgan fingerprint density at radius 3 is 2.41 bits per heavy atom. The van der Waals surface area contributed by atoms with Gasteiger partial charge in [0.15, 0.2) is 0 Å². The van der Waals surface area contributed by atoms with Crippen molar-refractivity contribution in [2.45, 2.75) is 46.0 Å². The summed E-state index contributed by atoms with van der Waals surface area (Å²) in [6, 6.07) is 5.98. The number of allylic oxidation sites excluding steroid dienone is 1. The first-order valence-electron chi connectivity index (χ1n) is 11.4. The summed E-state index contributed by atoms with van der Waals surface area (Å²) in [4.78, 5) is 37.0. The van der Waals surface area contributed by atoms with E-state index in [1.54, 1.807) is 44.7 Å². The summed E-state index contributed by atoms with van der Waals surface area (Å²) in [6.07, 6.45) is 3.00. The second kappa shape index (κ2) is 13.8. The lowest BCUT2D eigenvalue weighted by Crippen LogP contribution is -2.34. The Bertz CT molecular complexity index is 960. The topological polar surface area (TPSA) is 134 Å². The molecule has 0 bridgehead atoms. The predicted molar refractivity (Wildman–Crippen MR) is 132 cm³/mol. The Labute approximate surface area is 204 Å². The van der Waals surface area contributed by atoms with E-state index >= 15 is 0 Å². The molecule has 9 nitrogen and oxygen atoms in total. The molecule has 1 heterocycles. The van der Waals surface area contributed by atoms with Gasteiger partial charge in [-0.1, -0.05) is 18.6 Å². The van der Waals surface area contributed by atoms with Gasteiger partial charge in [0.2, 0.25) is 0 Å². The number of carbonyl (C=O) groups is 2. The van der Waals surface area contributed by atoms with Crippen LogP contribution in [0.15, 0.2) is 46.8 Å². The van der Waals surface area contributed by atoms with Crippen LogP contribution < -0.4 is 11.1 Å². The number of hydrogen-bond donors (Lipinski definition) is 2. The predicted octanol–water partition coefficient (Wildman–Crippen LogP) is 3.80. The van der Waals surface area contributed by atoms with Gasteiger partial charge in [0, 0.05) is 29.3 Å². The molecule has 0 aliphatic carbocycles. The van der Waals surface area contributed by atoms with Gasteiger partial charge in [0.05, 0.1) is 35.2 Å². The molecular formula is C24H33N3O6S. The van der Waals surface area contributed by atoms with Crippen LogP contribution in [0, 0.1) is 10.1 Å². The number of unbranched alkanes of at least 4 members (excludes halogenated alkanes) is 2. The van der Waals surface area contributed by atoms with Gasteiger partial charge in [-0.2, -0.15) is 11.8 Å². The number of nitro groups is 1. The lowest BCUT2D eigenvalue weighted by atomic mass is 9.80. The Morgan fingerprint density at radius 2 is 1.79 bits per heavy atom. The number of rotatable bonds is 13. The highest BCUT2D eigenvalue weighted by molar-refractivity contribution is 7.99. The van der Waals surface area contributed by atoms with Crippen molar-refractivity contribution in [2.75, 3.05) is 31.3 Å². The fourth-order valence-corrected chi connectivity index (χ4v) is 4.77. The number of non-ortho nitro benzene ring substituents is 1. The number of carbonyl (C=O) groups excluding carboxylic acids is 2. The highest BCUT2D eigenvalue weighted by Gasteiger charge is 2.39. The minimum absolute atomic E-state index is 0.129. The summed E-state index contributed by atoms with van der Waals surface area (Å²) in [6.45, 7) is 6.11. The Hall–Kier alpha value is -2.85.